The van der Waals surface area contributed by atoms with E-state index in [1.54, 1.807) is 25.3 Å². The Balaban J connectivity index is 2.14. The van der Waals surface area contributed by atoms with Gasteiger partial charge in [-0.1, -0.05) is 0 Å². The molecule has 6 heteroatoms. The maximum absolute atomic E-state index is 11.4. The summed E-state index contributed by atoms with van der Waals surface area (Å²) < 4.78 is 5.35. The molecule has 1 aliphatic heterocycles. The van der Waals surface area contributed by atoms with Gasteiger partial charge in [0.1, 0.15) is 0 Å². The third-order valence-corrected chi connectivity index (χ3v) is 3.76. The lowest BCUT2D eigenvalue weighted by atomic mass is 10.0. The average molecular weight is 285 g/mol. The normalized spacial score (nSPS) is 17.9. The highest BCUT2D eigenvalue weighted by Crippen LogP contribution is 2.30. The molecular formula is C15H15N3O3. The topological polar surface area (TPSA) is 80.7 Å². The Bertz CT molecular complexity index is 709. The number of amides is 1. The zero-order valence-electron chi connectivity index (χ0n) is 11.6. The summed E-state index contributed by atoms with van der Waals surface area (Å²) in [5.74, 6) is -0.248. The highest BCUT2D eigenvalue weighted by molar-refractivity contribution is 6.00. The molecule has 2 aromatic rings. The van der Waals surface area contributed by atoms with Gasteiger partial charge in [0.05, 0.1) is 12.8 Å². The summed E-state index contributed by atoms with van der Waals surface area (Å²) in [4.78, 5) is 26.3. The van der Waals surface area contributed by atoms with Gasteiger partial charge < -0.3 is 10.1 Å². The SMILES string of the molecule is COc1nc(C2CCCN2)cc2cc(C(=O)N=O)ccc12. The summed E-state index contributed by atoms with van der Waals surface area (Å²) >= 11 is 0. The van der Waals surface area contributed by atoms with Crippen molar-refractivity contribution in [1.82, 2.24) is 10.3 Å². The van der Waals surface area contributed by atoms with Crippen molar-refractivity contribution in [3.8, 4) is 5.88 Å². The molecule has 3 rings (SSSR count). The average Bonchev–Trinajstić information content (AvgIpc) is 3.06. The number of nitrogens with zero attached hydrogens (tertiary/aromatic N) is 2. The van der Waals surface area contributed by atoms with Crippen molar-refractivity contribution < 1.29 is 9.53 Å². The van der Waals surface area contributed by atoms with E-state index in [1.807, 2.05) is 6.07 Å². The van der Waals surface area contributed by atoms with Crippen LogP contribution in [0.5, 0.6) is 5.88 Å². The molecule has 0 bridgehead atoms. The van der Waals surface area contributed by atoms with Crippen LogP contribution in [0.4, 0.5) is 0 Å². The standard InChI is InChI=1S/C15H15N3O3/c1-21-15-11-5-4-9(14(19)18-20)7-10(11)8-13(17-15)12-3-2-6-16-12/h4-5,7-8,12,16H,2-3,6H2,1H3. The Morgan fingerprint density at radius 2 is 2.29 bits per heavy atom. The largest absolute Gasteiger partial charge is 0.481 e. The molecule has 0 aliphatic carbocycles. The Labute approximate surface area is 121 Å². The molecule has 0 saturated carbocycles. The summed E-state index contributed by atoms with van der Waals surface area (Å²) in [6, 6.07) is 7.08. The summed E-state index contributed by atoms with van der Waals surface area (Å²) in [6.07, 6.45) is 2.14. The van der Waals surface area contributed by atoms with Gasteiger partial charge in [-0.15, -0.1) is 4.91 Å². The van der Waals surface area contributed by atoms with Gasteiger partial charge in [-0.3, -0.25) is 4.79 Å². The number of hydrogen-bond donors (Lipinski definition) is 1. The monoisotopic (exact) mass is 285 g/mol. The number of nitroso groups, excluding NO2 is 1. The van der Waals surface area contributed by atoms with Gasteiger partial charge in [-0.05, 0) is 49.0 Å². The van der Waals surface area contributed by atoms with Crippen LogP contribution in [0.2, 0.25) is 0 Å². The second-order valence-corrected chi connectivity index (χ2v) is 5.04. The molecule has 0 spiro atoms. The van der Waals surface area contributed by atoms with Crippen molar-refractivity contribution >= 4 is 16.7 Å². The third-order valence-electron chi connectivity index (χ3n) is 3.76. The van der Waals surface area contributed by atoms with Crippen LogP contribution in [-0.2, 0) is 0 Å². The van der Waals surface area contributed by atoms with Gasteiger partial charge in [0, 0.05) is 22.2 Å². The molecule has 21 heavy (non-hydrogen) atoms. The first-order valence-electron chi connectivity index (χ1n) is 6.82. The molecule has 1 saturated heterocycles. The predicted molar refractivity (Wildman–Crippen MR) is 78.4 cm³/mol. The number of carbonyl (C=O) groups excluding carboxylic acids is 1. The van der Waals surface area contributed by atoms with E-state index in [1.165, 1.54) is 0 Å². The predicted octanol–water partition coefficient (Wildman–Crippen LogP) is 2.57. The zero-order valence-corrected chi connectivity index (χ0v) is 11.6. The Morgan fingerprint density at radius 3 is 2.95 bits per heavy atom. The molecule has 1 fully saturated rings. The molecule has 1 aliphatic rings. The second kappa shape index (κ2) is 5.57. The fourth-order valence-corrected chi connectivity index (χ4v) is 2.70. The van der Waals surface area contributed by atoms with Crippen LogP contribution in [0.1, 0.15) is 34.9 Å². The fraction of sp³-hybridized carbons (Fsp3) is 0.333. The van der Waals surface area contributed by atoms with Crippen LogP contribution in [-0.4, -0.2) is 24.5 Å². The van der Waals surface area contributed by atoms with Crippen molar-refractivity contribution in [3.05, 3.63) is 40.4 Å². The Morgan fingerprint density at radius 1 is 1.43 bits per heavy atom. The van der Waals surface area contributed by atoms with E-state index >= 15 is 0 Å². The van der Waals surface area contributed by atoms with Gasteiger partial charge in [-0.25, -0.2) is 4.98 Å². The summed E-state index contributed by atoms with van der Waals surface area (Å²) in [6.45, 7) is 0.973. The first-order valence-corrected chi connectivity index (χ1v) is 6.82. The number of benzene rings is 1. The lowest BCUT2D eigenvalue weighted by Gasteiger charge is -2.13. The minimum absolute atomic E-state index is 0.201. The second-order valence-electron chi connectivity index (χ2n) is 5.04. The minimum Gasteiger partial charge on any atom is -0.481 e. The number of carbonyl (C=O) groups is 1. The van der Waals surface area contributed by atoms with E-state index in [0.717, 1.165) is 35.9 Å². The van der Waals surface area contributed by atoms with Crippen LogP contribution < -0.4 is 10.1 Å². The van der Waals surface area contributed by atoms with Gasteiger partial charge in [0.15, 0.2) is 0 Å². The van der Waals surface area contributed by atoms with Crippen molar-refractivity contribution in [1.29, 1.82) is 0 Å². The molecule has 6 nitrogen and oxygen atoms in total. The molecular weight excluding hydrogens is 270 g/mol. The van der Waals surface area contributed by atoms with E-state index in [-0.39, 0.29) is 11.6 Å². The number of rotatable bonds is 3. The first kappa shape index (κ1) is 13.6. The van der Waals surface area contributed by atoms with E-state index < -0.39 is 5.91 Å². The van der Waals surface area contributed by atoms with Crippen LogP contribution >= 0.6 is 0 Å². The number of hydrogen-bond acceptors (Lipinski definition) is 5. The van der Waals surface area contributed by atoms with E-state index in [4.69, 9.17) is 4.74 Å². The molecule has 1 atom stereocenters. The number of pyridine rings is 1. The number of methoxy groups -OCH3 is 1. The van der Waals surface area contributed by atoms with Crippen LogP contribution in [0.25, 0.3) is 10.8 Å². The van der Waals surface area contributed by atoms with Gasteiger partial charge in [0.2, 0.25) is 5.88 Å². The number of ether oxygens (including phenoxy) is 1. The lowest BCUT2D eigenvalue weighted by molar-refractivity contribution is 0.100. The molecule has 1 aromatic carbocycles. The number of aromatic nitrogens is 1. The number of nitrogens with one attached hydrogen (secondary N) is 1. The van der Waals surface area contributed by atoms with Crippen molar-refractivity contribution in [2.45, 2.75) is 18.9 Å². The van der Waals surface area contributed by atoms with Crippen LogP contribution in [0.3, 0.4) is 0 Å². The minimum atomic E-state index is -0.770. The highest BCUT2D eigenvalue weighted by Gasteiger charge is 2.20. The molecule has 1 amide bonds. The lowest BCUT2D eigenvalue weighted by Crippen LogP contribution is -2.14. The smallest absolute Gasteiger partial charge is 0.316 e. The number of fused-ring (bicyclic) bond motifs is 1. The molecule has 0 radical (unpaired) electrons. The maximum atomic E-state index is 11.4. The van der Waals surface area contributed by atoms with Crippen molar-refractivity contribution in [2.24, 2.45) is 5.18 Å². The Kier molecular flexibility index (Phi) is 3.62. The highest BCUT2D eigenvalue weighted by atomic mass is 16.5. The molecule has 1 aromatic heterocycles. The zero-order chi connectivity index (χ0) is 14.8. The first-order chi connectivity index (χ1) is 10.2. The van der Waals surface area contributed by atoms with Crippen molar-refractivity contribution in [3.63, 3.8) is 0 Å². The summed E-state index contributed by atoms with van der Waals surface area (Å²) in [7, 11) is 1.57. The molecule has 108 valence electrons. The molecule has 2 heterocycles. The molecule has 1 unspecified atom stereocenters. The third kappa shape index (κ3) is 2.50. The van der Waals surface area contributed by atoms with E-state index in [2.05, 4.69) is 15.5 Å². The van der Waals surface area contributed by atoms with Gasteiger partial charge in [0.25, 0.3) is 0 Å². The van der Waals surface area contributed by atoms with Gasteiger partial charge in [-0.2, -0.15) is 0 Å². The van der Waals surface area contributed by atoms with Crippen LogP contribution in [0, 0.1) is 4.91 Å². The fourth-order valence-electron chi connectivity index (χ4n) is 2.70. The molecule has 1 N–H and O–H groups in total. The van der Waals surface area contributed by atoms with E-state index in [0.29, 0.717) is 5.88 Å². The summed E-state index contributed by atoms with van der Waals surface area (Å²) in [5.41, 5.74) is 1.16. The van der Waals surface area contributed by atoms with Crippen LogP contribution in [0.15, 0.2) is 29.4 Å². The van der Waals surface area contributed by atoms with Gasteiger partial charge >= 0.3 is 5.91 Å². The quantitative estimate of drug-likeness (QED) is 0.877. The Hall–Kier alpha value is -2.34. The van der Waals surface area contributed by atoms with Crippen molar-refractivity contribution in [2.75, 3.05) is 13.7 Å². The maximum Gasteiger partial charge on any atom is 0.316 e. The summed E-state index contributed by atoms with van der Waals surface area (Å²) in [5, 5.41) is 7.47. The van der Waals surface area contributed by atoms with E-state index in [9.17, 15) is 9.70 Å².